The number of amides is 1. The molecular formula is C11H12N2O2. The van der Waals surface area contributed by atoms with Crippen molar-refractivity contribution in [2.75, 3.05) is 23.3 Å². The van der Waals surface area contributed by atoms with Crippen LogP contribution in [0.2, 0.25) is 0 Å². The maximum absolute atomic E-state index is 11.4. The first kappa shape index (κ1) is 9.71. The third-order valence-electron chi connectivity index (χ3n) is 2.40. The van der Waals surface area contributed by atoms with Gasteiger partial charge in [0.15, 0.2) is 0 Å². The van der Waals surface area contributed by atoms with Crippen LogP contribution in [0, 0.1) is 6.92 Å². The Morgan fingerprint density at radius 1 is 1.53 bits per heavy atom. The Balaban J connectivity index is 2.41. The Bertz CT molecular complexity index is 415. The van der Waals surface area contributed by atoms with E-state index in [1.54, 1.807) is 4.90 Å². The molecule has 1 aliphatic heterocycles. The molecule has 0 radical (unpaired) electrons. The van der Waals surface area contributed by atoms with Gasteiger partial charge in [-0.15, -0.1) is 0 Å². The maximum atomic E-state index is 11.4. The zero-order valence-corrected chi connectivity index (χ0v) is 8.49. The maximum Gasteiger partial charge on any atom is 0.243 e. The van der Waals surface area contributed by atoms with Gasteiger partial charge >= 0.3 is 0 Å². The molecule has 0 saturated heterocycles. The summed E-state index contributed by atoms with van der Waals surface area (Å²) < 4.78 is 0. The Morgan fingerprint density at radius 2 is 2.33 bits per heavy atom. The molecule has 1 aliphatic rings. The largest absolute Gasteiger partial charge is 0.353 e. The fraction of sp³-hybridized carbons (Fsp3) is 0.273. The van der Waals surface area contributed by atoms with Crippen LogP contribution in [-0.2, 0) is 9.59 Å². The number of hydrogen-bond donors (Lipinski definition) is 1. The SMILES string of the molecule is Cc1ccc2c(c1)NC(=O)CN2CC=O. The molecule has 0 aromatic heterocycles. The molecule has 78 valence electrons. The second kappa shape index (κ2) is 3.73. The molecule has 0 atom stereocenters. The second-order valence-electron chi connectivity index (χ2n) is 3.62. The highest BCUT2D eigenvalue weighted by atomic mass is 16.2. The van der Waals surface area contributed by atoms with Crippen LogP contribution >= 0.6 is 0 Å². The molecule has 0 unspecified atom stereocenters. The first-order valence-electron chi connectivity index (χ1n) is 4.80. The number of fused-ring (bicyclic) bond motifs is 1. The molecule has 0 bridgehead atoms. The lowest BCUT2D eigenvalue weighted by Gasteiger charge is -2.29. The number of carbonyl (C=O) groups excluding carboxylic acids is 2. The number of nitrogens with zero attached hydrogens (tertiary/aromatic N) is 1. The standard InChI is InChI=1S/C11H12N2O2/c1-8-2-3-10-9(6-8)12-11(15)7-13(10)4-5-14/h2-3,5-6H,4,7H2,1H3,(H,12,15). The van der Waals surface area contributed by atoms with Crippen LogP contribution < -0.4 is 10.2 Å². The number of benzene rings is 1. The number of anilines is 2. The van der Waals surface area contributed by atoms with Gasteiger partial charge in [-0.25, -0.2) is 0 Å². The quantitative estimate of drug-likeness (QED) is 0.730. The van der Waals surface area contributed by atoms with Crippen molar-refractivity contribution >= 4 is 23.6 Å². The van der Waals surface area contributed by atoms with E-state index in [1.165, 1.54) is 0 Å². The third-order valence-corrected chi connectivity index (χ3v) is 2.40. The van der Waals surface area contributed by atoms with Gasteiger partial charge < -0.3 is 15.0 Å². The van der Waals surface area contributed by atoms with E-state index in [-0.39, 0.29) is 19.0 Å². The Kier molecular flexibility index (Phi) is 2.41. The van der Waals surface area contributed by atoms with Gasteiger partial charge in [0.2, 0.25) is 5.91 Å². The smallest absolute Gasteiger partial charge is 0.243 e. The lowest BCUT2D eigenvalue weighted by molar-refractivity contribution is -0.115. The zero-order chi connectivity index (χ0) is 10.8. The number of hydrogen-bond acceptors (Lipinski definition) is 3. The van der Waals surface area contributed by atoms with Crippen molar-refractivity contribution in [3.8, 4) is 0 Å². The molecule has 0 saturated carbocycles. The van der Waals surface area contributed by atoms with Gasteiger partial charge in [0.1, 0.15) is 6.29 Å². The molecule has 4 heteroatoms. The number of aldehydes is 1. The van der Waals surface area contributed by atoms with Gasteiger partial charge in [-0.3, -0.25) is 4.79 Å². The normalized spacial score (nSPS) is 14.5. The molecule has 0 spiro atoms. The van der Waals surface area contributed by atoms with Crippen LogP contribution in [0.15, 0.2) is 18.2 Å². The van der Waals surface area contributed by atoms with Crippen molar-refractivity contribution in [3.63, 3.8) is 0 Å². The van der Waals surface area contributed by atoms with Crippen molar-refractivity contribution in [1.29, 1.82) is 0 Å². The summed E-state index contributed by atoms with van der Waals surface area (Å²) in [6.45, 7) is 2.46. The van der Waals surface area contributed by atoms with Crippen molar-refractivity contribution in [2.24, 2.45) is 0 Å². The van der Waals surface area contributed by atoms with E-state index in [0.29, 0.717) is 0 Å². The number of aryl methyl sites for hydroxylation is 1. The van der Waals surface area contributed by atoms with E-state index in [2.05, 4.69) is 5.32 Å². The molecule has 1 N–H and O–H groups in total. The van der Waals surface area contributed by atoms with Gasteiger partial charge in [0, 0.05) is 0 Å². The number of rotatable bonds is 2. The van der Waals surface area contributed by atoms with Crippen LogP contribution in [0.5, 0.6) is 0 Å². The molecule has 1 aromatic rings. The van der Waals surface area contributed by atoms with Gasteiger partial charge in [-0.1, -0.05) is 6.07 Å². The van der Waals surface area contributed by atoms with Crippen LogP contribution in [-0.4, -0.2) is 25.3 Å². The zero-order valence-electron chi connectivity index (χ0n) is 8.49. The minimum absolute atomic E-state index is 0.0741. The van der Waals surface area contributed by atoms with E-state index >= 15 is 0 Å². The fourth-order valence-corrected chi connectivity index (χ4v) is 1.73. The molecule has 1 aromatic carbocycles. The Hall–Kier alpha value is -1.84. The summed E-state index contributed by atoms with van der Waals surface area (Å²) in [5, 5.41) is 2.79. The van der Waals surface area contributed by atoms with Crippen LogP contribution in [0.3, 0.4) is 0 Å². The molecule has 1 amide bonds. The molecule has 15 heavy (non-hydrogen) atoms. The molecule has 1 heterocycles. The molecule has 2 rings (SSSR count). The van der Waals surface area contributed by atoms with Crippen molar-refractivity contribution in [3.05, 3.63) is 23.8 Å². The van der Waals surface area contributed by atoms with Crippen molar-refractivity contribution in [1.82, 2.24) is 0 Å². The van der Waals surface area contributed by atoms with Gasteiger partial charge in [-0.2, -0.15) is 0 Å². The van der Waals surface area contributed by atoms with E-state index in [9.17, 15) is 9.59 Å². The first-order valence-corrected chi connectivity index (χ1v) is 4.80. The minimum atomic E-state index is -0.0741. The van der Waals surface area contributed by atoms with Crippen LogP contribution in [0.4, 0.5) is 11.4 Å². The predicted octanol–water partition coefficient (Wildman–Crippen LogP) is 0.952. The van der Waals surface area contributed by atoms with Gasteiger partial charge in [0.05, 0.1) is 24.5 Å². The highest BCUT2D eigenvalue weighted by Crippen LogP contribution is 2.29. The predicted molar refractivity (Wildman–Crippen MR) is 58.1 cm³/mol. The average Bonchev–Trinajstić information content (AvgIpc) is 2.17. The summed E-state index contributed by atoms with van der Waals surface area (Å²) in [6, 6.07) is 5.80. The summed E-state index contributed by atoms with van der Waals surface area (Å²) in [7, 11) is 0. The van der Waals surface area contributed by atoms with Gasteiger partial charge in [0.25, 0.3) is 0 Å². The van der Waals surface area contributed by atoms with E-state index < -0.39 is 0 Å². The Morgan fingerprint density at radius 3 is 3.07 bits per heavy atom. The highest BCUT2D eigenvalue weighted by molar-refractivity contribution is 6.01. The summed E-state index contributed by atoms with van der Waals surface area (Å²) in [4.78, 5) is 23.6. The van der Waals surface area contributed by atoms with Crippen LogP contribution in [0.25, 0.3) is 0 Å². The monoisotopic (exact) mass is 204 g/mol. The average molecular weight is 204 g/mol. The van der Waals surface area contributed by atoms with Gasteiger partial charge in [-0.05, 0) is 24.6 Å². The van der Waals surface area contributed by atoms with E-state index in [0.717, 1.165) is 23.2 Å². The van der Waals surface area contributed by atoms with E-state index in [1.807, 2.05) is 25.1 Å². The van der Waals surface area contributed by atoms with Crippen LogP contribution in [0.1, 0.15) is 5.56 Å². The van der Waals surface area contributed by atoms with Crippen molar-refractivity contribution < 1.29 is 9.59 Å². The number of carbonyl (C=O) groups is 2. The highest BCUT2D eigenvalue weighted by Gasteiger charge is 2.20. The lowest BCUT2D eigenvalue weighted by Crippen LogP contribution is -2.39. The molecule has 0 aliphatic carbocycles. The summed E-state index contributed by atoms with van der Waals surface area (Å²) >= 11 is 0. The lowest BCUT2D eigenvalue weighted by atomic mass is 10.1. The summed E-state index contributed by atoms with van der Waals surface area (Å²) in [5.41, 5.74) is 2.78. The molecular weight excluding hydrogens is 192 g/mol. The molecule has 0 fully saturated rings. The van der Waals surface area contributed by atoms with E-state index in [4.69, 9.17) is 0 Å². The summed E-state index contributed by atoms with van der Waals surface area (Å²) in [5.74, 6) is -0.0741. The third kappa shape index (κ3) is 1.83. The minimum Gasteiger partial charge on any atom is -0.353 e. The first-order chi connectivity index (χ1) is 7.20. The topological polar surface area (TPSA) is 49.4 Å². The number of nitrogens with one attached hydrogen (secondary N) is 1. The van der Waals surface area contributed by atoms with Crippen molar-refractivity contribution in [2.45, 2.75) is 6.92 Å². The fourth-order valence-electron chi connectivity index (χ4n) is 1.73. The summed E-state index contributed by atoms with van der Waals surface area (Å²) in [6.07, 6.45) is 0.808. The second-order valence-corrected chi connectivity index (χ2v) is 3.62. The molecule has 4 nitrogen and oxygen atoms in total. The Labute approximate surface area is 87.9 Å².